The van der Waals surface area contributed by atoms with Crippen LogP contribution in [0.25, 0.3) is 0 Å². The van der Waals surface area contributed by atoms with Crippen molar-refractivity contribution in [1.29, 1.82) is 0 Å². The Labute approximate surface area is 276 Å². The van der Waals surface area contributed by atoms with Gasteiger partial charge in [-0.2, -0.15) is 0 Å². The first kappa shape index (κ1) is 32.4. The lowest BCUT2D eigenvalue weighted by Crippen LogP contribution is -2.71. The molecule has 0 saturated carbocycles. The highest BCUT2D eigenvalue weighted by Gasteiger charge is 2.55. The van der Waals surface area contributed by atoms with Gasteiger partial charge >= 0.3 is 12.1 Å². The van der Waals surface area contributed by atoms with Crippen molar-refractivity contribution in [3.8, 4) is 0 Å². The molecular weight excluding hydrogens is 659 g/mol. The summed E-state index contributed by atoms with van der Waals surface area (Å²) in [6.45, 7) is 3.89. The number of rotatable bonds is 11. The van der Waals surface area contributed by atoms with Crippen LogP contribution in [0.4, 0.5) is 4.79 Å². The zero-order valence-corrected chi connectivity index (χ0v) is 27.2. The SMILES string of the molecule is Cc1nnc(SCC2=C(C(=O)OCC3OC(=O)OC3C)N3C(=O)C(NC(=O)C(O)c4ccccc4C(=O)[C@@H]4CCCN4)[C@@H]3SC2)s1. The smallest absolute Gasteiger partial charge is 0.457 e. The van der Waals surface area contributed by atoms with E-state index in [-0.39, 0.29) is 35.3 Å². The number of cyclic esters (lactones) is 2. The van der Waals surface area contributed by atoms with Gasteiger partial charge in [0.15, 0.2) is 22.3 Å². The van der Waals surface area contributed by atoms with E-state index in [9.17, 15) is 29.1 Å². The third-order valence-electron chi connectivity index (χ3n) is 7.99. The van der Waals surface area contributed by atoms with Crippen LogP contribution in [0, 0.1) is 6.92 Å². The number of Topliss-reactive ketones (excluding diaryl/α,β-unsaturated/α-hetero) is 1. The van der Waals surface area contributed by atoms with Crippen LogP contribution >= 0.6 is 34.9 Å². The van der Waals surface area contributed by atoms with Crippen molar-refractivity contribution in [2.24, 2.45) is 0 Å². The number of fused-ring (bicyclic) bond motifs is 1. The summed E-state index contributed by atoms with van der Waals surface area (Å²) in [6.07, 6.45) is -2.45. The van der Waals surface area contributed by atoms with Gasteiger partial charge in [0.25, 0.3) is 11.8 Å². The number of carbonyl (C=O) groups is 5. The van der Waals surface area contributed by atoms with Crippen LogP contribution < -0.4 is 10.6 Å². The number of ketones is 1. The van der Waals surface area contributed by atoms with Gasteiger partial charge in [0.1, 0.15) is 34.8 Å². The number of aliphatic hydroxyl groups is 1. The first-order valence-corrected chi connectivity index (χ1v) is 17.5. The molecule has 3 saturated heterocycles. The predicted molar refractivity (Wildman–Crippen MR) is 166 cm³/mol. The summed E-state index contributed by atoms with van der Waals surface area (Å²) in [4.78, 5) is 66.1. The fraction of sp³-hybridized carbons (Fsp3) is 0.483. The number of aromatic nitrogens is 2. The minimum atomic E-state index is -1.70. The molecule has 0 spiro atoms. The topological polar surface area (TPSA) is 186 Å². The Hall–Kier alpha value is -3.51. The Morgan fingerprint density at radius 1 is 1.24 bits per heavy atom. The number of aryl methyl sites for hydroxylation is 1. The zero-order valence-electron chi connectivity index (χ0n) is 24.8. The Morgan fingerprint density at radius 2 is 2.04 bits per heavy atom. The molecule has 0 radical (unpaired) electrons. The first-order chi connectivity index (χ1) is 22.1. The number of aliphatic hydroxyl groups excluding tert-OH is 1. The second kappa shape index (κ2) is 13.7. The van der Waals surface area contributed by atoms with Crippen molar-refractivity contribution < 1.29 is 43.3 Å². The number of thioether (sulfide) groups is 2. The number of benzene rings is 1. The average molecular weight is 690 g/mol. The molecule has 14 nitrogen and oxygen atoms in total. The molecule has 4 aliphatic heterocycles. The van der Waals surface area contributed by atoms with E-state index in [0.717, 1.165) is 11.4 Å². The maximum Gasteiger partial charge on any atom is 0.509 e. The molecule has 46 heavy (non-hydrogen) atoms. The molecule has 0 bridgehead atoms. The maximum atomic E-state index is 13.5. The molecule has 0 aliphatic carbocycles. The molecule has 5 heterocycles. The van der Waals surface area contributed by atoms with Gasteiger partial charge in [0.05, 0.1) is 6.04 Å². The zero-order chi connectivity index (χ0) is 32.5. The van der Waals surface area contributed by atoms with Crippen LogP contribution in [0.3, 0.4) is 0 Å². The Kier molecular flexibility index (Phi) is 9.65. The second-order valence-electron chi connectivity index (χ2n) is 11.1. The lowest BCUT2D eigenvalue weighted by atomic mass is 9.94. The Bertz CT molecular complexity index is 1590. The number of nitrogens with one attached hydrogen (secondary N) is 2. The quantitative estimate of drug-likeness (QED) is 0.134. The summed E-state index contributed by atoms with van der Waals surface area (Å²) in [5.41, 5.74) is 1.07. The molecular formula is C29H31N5O9S3. The molecule has 6 rings (SSSR count). The predicted octanol–water partition coefficient (Wildman–Crippen LogP) is 1.73. The van der Waals surface area contributed by atoms with Gasteiger partial charge in [0.2, 0.25) is 0 Å². The van der Waals surface area contributed by atoms with E-state index >= 15 is 0 Å². The van der Waals surface area contributed by atoms with Gasteiger partial charge in [-0.1, -0.05) is 47.4 Å². The third kappa shape index (κ3) is 6.51. The lowest BCUT2D eigenvalue weighted by Gasteiger charge is -2.49. The van der Waals surface area contributed by atoms with Crippen LogP contribution in [-0.4, -0.2) is 104 Å². The molecule has 3 N–H and O–H groups in total. The second-order valence-corrected chi connectivity index (χ2v) is 14.6. The van der Waals surface area contributed by atoms with Crippen molar-refractivity contribution in [3.05, 3.63) is 51.7 Å². The fourth-order valence-electron chi connectivity index (χ4n) is 5.57. The number of esters is 1. The molecule has 3 fully saturated rings. The largest absolute Gasteiger partial charge is 0.509 e. The summed E-state index contributed by atoms with van der Waals surface area (Å²) in [7, 11) is 0. The van der Waals surface area contributed by atoms with Gasteiger partial charge in [-0.25, -0.2) is 9.59 Å². The van der Waals surface area contributed by atoms with E-state index in [1.165, 1.54) is 45.8 Å². The van der Waals surface area contributed by atoms with Crippen molar-refractivity contribution >= 4 is 64.6 Å². The first-order valence-electron chi connectivity index (χ1n) is 14.6. The van der Waals surface area contributed by atoms with Crippen LogP contribution in [0.1, 0.15) is 46.8 Å². The molecule has 1 aromatic heterocycles. The number of amides is 2. The molecule has 4 aliphatic rings. The van der Waals surface area contributed by atoms with Gasteiger partial charge < -0.3 is 30.0 Å². The monoisotopic (exact) mass is 689 g/mol. The van der Waals surface area contributed by atoms with E-state index < -0.39 is 53.7 Å². The van der Waals surface area contributed by atoms with E-state index in [1.807, 2.05) is 6.92 Å². The van der Waals surface area contributed by atoms with Crippen LogP contribution in [0.2, 0.25) is 0 Å². The van der Waals surface area contributed by atoms with Crippen LogP contribution in [0.15, 0.2) is 39.9 Å². The van der Waals surface area contributed by atoms with E-state index in [0.29, 0.717) is 34.4 Å². The normalized spacial score (nSPS) is 26.2. The van der Waals surface area contributed by atoms with Crippen LogP contribution in [0.5, 0.6) is 0 Å². The van der Waals surface area contributed by atoms with E-state index in [4.69, 9.17) is 14.2 Å². The Morgan fingerprint density at radius 3 is 2.74 bits per heavy atom. The highest BCUT2D eigenvalue weighted by molar-refractivity contribution is 8.01. The lowest BCUT2D eigenvalue weighted by molar-refractivity contribution is -0.154. The molecule has 2 amide bonds. The number of ether oxygens (including phenoxy) is 3. The van der Waals surface area contributed by atoms with Gasteiger partial charge in [-0.15, -0.1) is 22.0 Å². The summed E-state index contributed by atoms with van der Waals surface area (Å²) in [5.74, 6) is -1.70. The highest BCUT2D eigenvalue weighted by atomic mass is 32.2. The van der Waals surface area contributed by atoms with Gasteiger partial charge in [-0.3, -0.25) is 19.3 Å². The van der Waals surface area contributed by atoms with Crippen LogP contribution in [-0.2, 0) is 28.6 Å². The van der Waals surface area contributed by atoms with E-state index in [1.54, 1.807) is 25.1 Å². The van der Waals surface area contributed by atoms with Crippen molar-refractivity contribution in [2.75, 3.05) is 24.7 Å². The summed E-state index contributed by atoms with van der Waals surface area (Å²) < 4.78 is 16.2. The van der Waals surface area contributed by atoms with Gasteiger partial charge in [0, 0.05) is 22.6 Å². The van der Waals surface area contributed by atoms with Crippen molar-refractivity contribution in [1.82, 2.24) is 25.7 Å². The number of hydrogen-bond donors (Lipinski definition) is 3. The number of carbonyl (C=O) groups excluding carboxylic acids is 5. The number of β-lactam (4-membered cyclic amide) rings is 1. The molecule has 17 heteroatoms. The average Bonchev–Trinajstić information content (AvgIpc) is 3.81. The standard InChI is InChI=1S/C29H31N5O9S3/c1-13-19(43-29(40)42-13)10-41-27(39)21-15(12-45-28-33-32-14(2)46-28)11-44-26-20(25(38)34(21)26)31-24(37)23(36)17-7-4-3-6-16(17)22(35)18-8-5-9-30-18/h3-4,6-7,13,18-20,23,26,30,36H,5,8-12H2,1-2H3,(H,31,37)/t13?,18-,19?,20?,23?,26-/m0/s1. The number of hydrogen-bond acceptors (Lipinski definition) is 15. The maximum absolute atomic E-state index is 13.5. The van der Waals surface area contributed by atoms with Gasteiger partial charge in [-0.05, 0) is 38.8 Å². The molecule has 2 aromatic rings. The molecule has 1 aromatic carbocycles. The van der Waals surface area contributed by atoms with Crippen molar-refractivity contribution in [3.63, 3.8) is 0 Å². The molecule has 244 valence electrons. The minimum absolute atomic E-state index is 0.0476. The summed E-state index contributed by atoms with van der Waals surface area (Å²) in [5, 5.41) is 25.1. The molecule has 4 unspecified atom stereocenters. The minimum Gasteiger partial charge on any atom is -0.457 e. The number of nitrogens with zero attached hydrogens (tertiary/aromatic N) is 3. The van der Waals surface area contributed by atoms with Crippen molar-refractivity contribution in [2.45, 2.75) is 66.8 Å². The highest BCUT2D eigenvalue weighted by Crippen LogP contribution is 2.42. The third-order valence-corrected chi connectivity index (χ3v) is 11.4. The summed E-state index contributed by atoms with van der Waals surface area (Å²) in [6, 6.07) is 4.97. The Balaban J connectivity index is 1.17. The fourth-order valence-corrected chi connectivity index (χ4v) is 8.87. The summed E-state index contributed by atoms with van der Waals surface area (Å²) >= 11 is 4.13. The molecule has 6 atom stereocenters. The van der Waals surface area contributed by atoms with E-state index in [2.05, 4.69) is 20.8 Å².